The lowest BCUT2D eigenvalue weighted by Gasteiger charge is -2.17. The van der Waals surface area contributed by atoms with E-state index in [0.29, 0.717) is 13.0 Å². The molecule has 1 atom stereocenters. The first-order chi connectivity index (χ1) is 9.22. The van der Waals surface area contributed by atoms with Crippen LogP contribution in [0.3, 0.4) is 0 Å². The number of rotatable bonds is 9. The van der Waals surface area contributed by atoms with Crippen molar-refractivity contribution in [3.8, 4) is 0 Å². The van der Waals surface area contributed by atoms with Crippen LogP contribution in [0.2, 0.25) is 0 Å². The number of benzene rings is 1. The molecule has 0 aliphatic carbocycles. The number of esters is 1. The summed E-state index contributed by atoms with van der Waals surface area (Å²) in [5.41, 5.74) is 1.23. The van der Waals surface area contributed by atoms with Gasteiger partial charge in [0.1, 0.15) is 0 Å². The molecule has 1 unspecified atom stereocenters. The maximum absolute atomic E-state index is 11.1. The lowest BCUT2D eigenvalue weighted by Crippen LogP contribution is -2.21. The van der Waals surface area contributed by atoms with E-state index < -0.39 is 6.29 Å². The summed E-state index contributed by atoms with van der Waals surface area (Å²) in [6, 6.07) is 10.2. The largest absolute Gasteiger partial charge is 0.436 e. The summed E-state index contributed by atoms with van der Waals surface area (Å²) >= 11 is 0. The molecule has 1 aromatic rings. The number of carbonyl (C=O) groups excluding carboxylic acids is 1. The first-order valence-corrected chi connectivity index (χ1v) is 7.05. The second kappa shape index (κ2) is 9.56. The minimum absolute atomic E-state index is 0.284. The van der Waals surface area contributed by atoms with Crippen molar-refractivity contribution in [2.45, 2.75) is 52.2 Å². The highest BCUT2D eigenvalue weighted by Gasteiger charge is 2.12. The van der Waals surface area contributed by atoms with Crippen molar-refractivity contribution in [1.82, 2.24) is 0 Å². The molecule has 3 heteroatoms. The maximum atomic E-state index is 11.1. The first-order valence-electron chi connectivity index (χ1n) is 7.05. The van der Waals surface area contributed by atoms with Gasteiger partial charge in [0.25, 0.3) is 0 Å². The standard InChI is InChI=1S/C16H24O3/c1-3-4-8-13-18-16(19-14(2)17)12-11-15-9-6-5-7-10-15/h5-7,9-10,16H,3-4,8,11-13H2,1-2H3. The van der Waals surface area contributed by atoms with E-state index in [2.05, 4.69) is 19.1 Å². The molecule has 0 saturated heterocycles. The molecule has 1 rings (SSSR count). The molecular formula is C16H24O3. The van der Waals surface area contributed by atoms with E-state index in [1.165, 1.54) is 12.5 Å². The Kier molecular flexibility index (Phi) is 7.91. The van der Waals surface area contributed by atoms with E-state index in [9.17, 15) is 4.79 Å². The summed E-state index contributed by atoms with van der Waals surface area (Å²) in [5, 5.41) is 0. The number of unbranched alkanes of at least 4 members (excludes halogenated alkanes) is 2. The van der Waals surface area contributed by atoms with Crippen LogP contribution < -0.4 is 0 Å². The van der Waals surface area contributed by atoms with E-state index in [-0.39, 0.29) is 5.97 Å². The lowest BCUT2D eigenvalue weighted by atomic mass is 10.1. The summed E-state index contributed by atoms with van der Waals surface area (Å²) in [4.78, 5) is 11.1. The fourth-order valence-corrected chi connectivity index (χ4v) is 1.86. The summed E-state index contributed by atoms with van der Waals surface area (Å²) in [5.74, 6) is -0.284. The van der Waals surface area contributed by atoms with Crippen molar-refractivity contribution in [3.05, 3.63) is 35.9 Å². The molecule has 1 aromatic carbocycles. The van der Waals surface area contributed by atoms with Gasteiger partial charge in [-0.25, -0.2) is 0 Å². The predicted molar refractivity (Wildman–Crippen MR) is 75.8 cm³/mol. The SMILES string of the molecule is CCCCCOC(CCc1ccccc1)OC(C)=O. The van der Waals surface area contributed by atoms with Crippen molar-refractivity contribution in [2.24, 2.45) is 0 Å². The second-order valence-electron chi connectivity index (χ2n) is 4.64. The van der Waals surface area contributed by atoms with Gasteiger partial charge in [-0.1, -0.05) is 50.1 Å². The molecule has 0 radical (unpaired) electrons. The molecular weight excluding hydrogens is 240 g/mol. The van der Waals surface area contributed by atoms with Crippen molar-refractivity contribution in [1.29, 1.82) is 0 Å². The fourth-order valence-electron chi connectivity index (χ4n) is 1.86. The Hall–Kier alpha value is -1.35. The summed E-state index contributed by atoms with van der Waals surface area (Å²) in [6.45, 7) is 4.23. The normalized spacial score (nSPS) is 12.1. The van der Waals surface area contributed by atoms with Gasteiger partial charge in [-0.3, -0.25) is 4.79 Å². The fraction of sp³-hybridized carbons (Fsp3) is 0.562. The highest BCUT2D eigenvalue weighted by molar-refractivity contribution is 5.66. The summed E-state index contributed by atoms with van der Waals surface area (Å²) in [6.07, 6.45) is 4.45. The quantitative estimate of drug-likeness (QED) is 0.387. The number of carbonyl (C=O) groups is 1. The minimum Gasteiger partial charge on any atom is -0.436 e. The predicted octanol–water partition coefficient (Wildman–Crippen LogP) is 3.72. The van der Waals surface area contributed by atoms with E-state index in [0.717, 1.165) is 25.7 Å². The smallest absolute Gasteiger partial charge is 0.304 e. The van der Waals surface area contributed by atoms with Gasteiger partial charge in [-0.15, -0.1) is 0 Å². The number of ether oxygens (including phenoxy) is 2. The second-order valence-corrected chi connectivity index (χ2v) is 4.64. The maximum Gasteiger partial charge on any atom is 0.304 e. The molecule has 0 bridgehead atoms. The number of hydrogen-bond donors (Lipinski definition) is 0. The van der Waals surface area contributed by atoms with E-state index in [4.69, 9.17) is 9.47 Å². The van der Waals surface area contributed by atoms with Crippen molar-refractivity contribution < 1.29 is 14.3 Å². The van der Waals surface area contributed by atoms with E-state index in [1.54, 1.807) is 0 Å². The molecule has 0 aliphatic heterocycles. The zero-order chi connectivity index (χ0) is 13.9. The zero-order valence-corrected chi connectivity index (χ0v) is 11.9. The van der Waals surface area contributed by atoms with Crippen LogP contribution in [0.5, 0.6) is 0 Å². The van der Waals surface area contributed by atoms with Gasteiger partial charge in [0, 0.05) is 13.3 Å². The Bertz CT molecular complexity index is 348. The van der Waals surface area contributed by atoms with Gasteiger partial charge in [0.05, 0.1) is 6.61 Å². The van der Waals surface area contributed by atoms with Crippen LogP contribution in [0.25, 0.3) is 0 Å². The zero-order valence-electron chi connectivity index (χ0n) is 11.9. The minimum atomic E-state index is -0.422. The molecule has 106 valence electrons. The van der Waals surface area contributed by atoms with Crippen LogP contribution in [0, 0.1) is 0 Å². The third kappa shape index (κ3) is 7.62. The van der Waals surface area contributed by atoms with Crippen molar-refractivity contribution >= 4 is 5.97 Å². The Morgan fingerprint density at radius 2 is 1.95 bits per heavy atom. The van der Waals surface area contributed by atoms with Crippen molar-refractivity contribution in [2.75, 3.05) is 6.61 Å². The van der Waals surface area contributed by atoms with Crippen LogP contribution in [-0.2, 0) is 20.7 Å². The lowest BCUT2D eigenvalue weighted by molar-refractivity contribution is -0.177. The van der Waals surface area contributed by atoms with Crippen LogP contribution in [0.1, 0.15) is 45.1 Å². The van der Waals surface area contributed by atoms with Crippen LogP contribution in [0.4, 0.5) is 0 Å². The Balaban J connectivity index is 2.34. The average Bonchev–Trinajstić information content (AvgIpc) is 2.41. The van der Waals surface area contributed by atoms with Gasteiger partial charge in [-0.05, 0) is 18.4 Å². The molecule has 3 nitrogen and oxygen atoms in total. The molecule has 0 heterocycles. The third-order valence-electron chi connectivity index (χ3n) is 2.86. The topological polar surface area (TPSA) is 35.5 Å². The van der Waals surface area contributed by atoms with Gasteiger partial charge in [0.15, 0.2) is 0 Å². The molecule has 0 fully saturated rings. The first kappa shape index (κ1) is 15.7. The van der Waals surface area contributed by atoms with Gasteiger partial charge in [-0.2, -0.15) is 0 Å². The number of hydrogen-bond acceptors (Lipinski definition) is 3. The van der Waals surface area contributed by atoms with E-state index >= 15 is 0 Å². The molecule has 0 aromatic heterocycles. The monoisotopic (exact) mass is 264 g/mol. The molecule has 0 spiro atoms. The molecule has 0 saturated carbocycles. The molecule has 19 heavy (non-hydrogen) atoms. The van der Waals surface area contributed by atoms with Gasteiger partial charge in [0.2, 0.25) is 6.29 Å². The highest BCUT2D eigenvalue weighted by atomic mass is 16.7. The van der Waals surface area contributed by atoms with Gasteiger partial charge < -0.3 is 9.47 Å². The van der Waals surface area contributed by atoms with E-state index in [1.807, 2.05) is 18.2 Å². The van der Waals surface area contributed by atoms with Crippen LogP contribution in [0.15, 0.2) is 30.3 Å². The van der Waals surface area contributed by atoms with Crippen LogP contribution in [-0.4, -0.2) is 18.9 Å². The molecule has 0 N–H and O–H groups in total. The molecule has 0 amide bonds. The Morgan fingerprint density at radius 3 is 2.58 bits per heavy atom. The summed E-state index contributed by atoms with van der Waals surface area (Å²) < 4.78 is 10.8. The average molecular weight is 264 g/mol. The molecule has 0 aliphatic rings. The Labute approximate surface area is 115 Å². The Morgan fingerprint density at radius 1 is 1.21 bits per heavy atom. The summed E-state index contributed by atoms with van der Waals surface area (Å²) in [7, 11) is 0. The highest BCUT2D eigenvalue weighted by Crippen LogP contribution is 2.10. The van der Waals surface area contributed by atoms with Crippen LogP contribution >= 0.6 is 0 Å². The van der Waals surface area contributed by atoms with Crippen molar-refractivity contribution in [3.63, 3.8) is 0 Å². The third-order valence-corrected chi connectivity index (χ3v) is 2.86. The number of aryl methyl sites for hydroxylation is 1. The van der Waals surface area contributed by atoms with Gasteiger partial charge >= 0.3 is 5.97 Å².